The van der Waals surface area contributed by atoms with E-state index in [2.05, 4.69) is 10.4 Å². The Labute approximate surface area is 171 Å². The zero-order valence-corrected chi connectivity index (χ0v) is 17.1. The van der Waals surface area contributed by atoms with Gasteiger partial charge in [0, 0.05) is 19.0 Å². The van der Waals surface area contributed by atoms with Crippen molar-refractivity contribution in [1.82, 2.24) is 9.78 Å². The van der Waals surface area contributed by atoms with Crippen LogP contribution in [0.3, 0.4) is 0 Å². The summed E-state index contributed by atoms with van der Waals surface area (Å²) in [4.78, 5) is 27.2. The summed E-state index contributed by atoms with van der Waals surface area (Å²) in [5.74, 6) is 0.767. The van der Waals surface area contributed by atoms with E-state index in [9.17, 15) is 9.59 Å². The van der Waals surface area contributed by atoms with Crippen molar-refractivity contribution in [3.8, 4) is 5.75 Å². The summed E-state index contributed by atoms with van der Waals surface area (Å²) in [6.07, 6.45) is 7.77. The third kappa shape index (κ3) is 3.99. The number of rotatable bonds is 5. The van der Waals surface area contributed by atoms with E-state index < -0.39 is 5.92 Å². The van der Waals surface area contributed by atoms with Gasteiger partial charge in [-0.2, -0.15) is 5.10 Å². The minimum absolute atomic E-state index is 0.0603. The number of nitrogens with one attached hydrogen (secondary N) is 1. The predicted octanol–water partition coefficient (Wildman–Crippen LogP) is 3.70. The van der Waals surface area contributed by atoms with Gasteiger partial charge in [0.05, 0.1) is 31.0 Å². The molecule has 7 nitrogen and oxygen atoms in total. The van der Waals surface area contributed by atoms with Gasteiger partial charge in [0.2, 0.25) is 11.8 Å². The van der Waals surface area contributed by atoms with Gasteiger partial charge in [0.1, 0.15) is 11.6 Å². The lowest BCUT2D eigenvalue weighted by molar-refractivity contribution is -0.122. The SMILES string of the molecule is COc1ccc(C)cc1N1C[C@@H](C(=O)Nc2ccnn2C2CCCCC2)CC1=O. The molecule has 1 aromatic carbocycles. The van der Waals surface area contributed by atoms with Crippen molar-refractivity contribution >= 4 is 23.3 Å². The molecule has 1 aliphatic heterocycles. The fourth-order valence-electron chi connectivity index (χ4n) is 4.39. The molecule has 0 bridgehead atoms. The summed E-state index contributed by atoms with van der Waals surface area (Å²) in [6, 6.07) is 7.90. The fourth-order valence-corrected chi connectivity index (χ4v) is 4.39. The van der Waals surface area contributed by atoms with E-state index in [4.69, 9.17) is 4.74 Å². The zero-order valence-electron chi connectivity index (χ0n) is 17.1. The van der Waals surface area contributed by atoms with Crippen LogP contribution in [0.25, 0.3) is 0 Å². The number of methoxy groups -OCH3 is 1. The average molecular weight is 396 g/mol. The first-order valence-electron chi connectivity index (χ1n) is 10.4. The van der Waals surface area contributed by atoms with Crippen molar-refractivity contribution in [2.45, 2.75) is 51.5 Å². The van der Waals surface area contributed by atoms with Crippen LogP contribution in [-0.4, -0.2) is 35.2 Å². The highest BCUT2D eigenvalue weighted by atomic mass is 16.5. The Morgan fingerprint density at radius 1 is 1.21 bits per heavy atom. The van der Waals surface area contributed by atoms with Crippen molar-refractivity contribution < 1.29 is 14.3 Å². The van der Waals surface area contributed by atoms with Crippen molar-refractivity contribution in [3.05, 3.63) is 36.0 Å². The third-order valence-corrected chi connectivity index (χ3v) is 5.96. The molecule has 2 aliphatic rings. The van der Waals surface area contributed by atoms with E-state index in [-0.39, 0.29) is 18.2 Å². The molecule has 1 atom stereocenters. The second-order valence-corrected chi connectivity index (χ2v) is 8.02. The average Bonchev–Trinajstić information content (AvgIpc) is 3.35. The Bertz CT molecular complexity index is 901. The van der Waals surface area contributed by atoms with Crippen LogP contribution in [0, 0.1) is 12.8 Å². The van der Waals surface area contributed by atoms with E-state index in [0.717, 1.165) is 29.9 Å². The molecule has 1 aromatic heterocycles. The molecule has 29 heavy (non-hydrogen) atoms. The molecule has 4 rings (SSSR count). The molecule has 2 amide bonds. The summed E-state index contributed by atoms with van der Waals surface area (Å²) < 4.78 is 7.36. The van der Waals surface area contributed by atoms with Crippen molar-refractivity contribution in [1.29, 1.82) is 0 Å². The number of carbonyl (C=O) groups is 2. The Hall–Kier alpha value is -2.83. The molecule has 1 saturated carbocycles. The summed E-state index contributed by atoms with van der Waals surface area (Å²) in [7, 11) is 1.59. The van der Waals surface area contributed by atoms with Gasteiger partial charge in [-0.3, -0.25) is 9.59 Å². The van der Waals surface area contributed by atoms with Gasteiger partial charge in [-0.25, -0.2) is 4.68 Å². The number of hydrogen-bond donors (Lipinski definition) is 1. The summed E-state index contributed by atoms with van der Waals surface area (Å²) in [5.41, 5.74) is 1.76. The van der Waals surface area contributed by atoms with Gasteiger partial charge < -0.3 is 15.0 Å². The second kappa shape index (κ2) is 8.27. The highest BCUT2D eigenvalue weighted by Gasteiger charge is 2.36. The van der Waals surface area contributed by atoms with Crippen LogP contribution in [0.5, 0.6) is 5.75 Å². The molecule has 1 N–H and O–H groups in total. The van der Waals surface area contributed by atoms with Gasteiger partial charge in [0.15, 0.2) is 0 Å². The Balaban J connectivity index is 1.47. The normalized spacial score (nSPS) is 20.1. The first kappa shape index (κ1) is 19.5. The molecule has 0 spiro atoms. The quantitative estimate of drug-likeness (QED) is 0.836. The van der Waals surface area contributed by atoms with Gasteiger partial charge in [0.25, 0.3) is 0 Å². The monoisotopic (exact) mass is 396 g/mol. The van der Waals surface area contributed by atoms with Gasteiger partial charge in [-0.1, -0.05) is 25.3 Å². The molecule has 2 heterocycles. The second-order valence-electron chi connectivity index (χ2n) is 8.02. The Morgan fingerprint density at radius 2 is 2.00 bits per heavy atom. The van der Waals surface area contributed by atoms with E-state index >= 15 is 0 Å². The number of carbonyl (C=O) groups excluding carboxylic acids is 2. The molecule has 1 saturated heterocycles. The molecule has 7 heteroatoms. The topological polar surface area (TPSA) is 76.5 Å². The molecule has 1 aliphatic carbocycles. The Kier molecular flexibility index (Phi) is 5.56. The largest absolute Gasteiger partial charge is 0.495 e. The van der Waals surface area contributed by atoms with Crippen LogP contribution in [0.4, 0.5) is 11.5 Å². The number of ether oxygens (including phenoxy) is 1. The van der Waals surface area contributed by atoms with Crippen LogP contribution in [0.15, 0.2) is 30.5 Å². The van der Waals surface area contributed by atoms with E-state index in [1.165, 1.54) is 19.3 Å². The summed E-state index contributed by atoms with van der Waals surface area (Å²) >= 11 is 0. The van der Waals surface area contributed by atoms with Gasteiger partial charge in [-0.05, 0) is 37.5 Å². The number of anilines is 2. The molecule has 0 unspecified atom stereocenters. The minimum Gasteiger partial charge on any atom is -0.495 e. The maximum Gasteiger partial charge on any atom is 0.230 e. The lowest BCUT2D eigenvalue weighted by Gasteiger charge is -2.24. The number of amides is 2. The number of nitrogens with zero attached hydrogens (tertiary/aromatic N) is 3. The maximum absolute atomic E-state index is 12.9. The van der Waals surface area contributed by atoms with Gasteiger partial charge >= 0.3 is 0 Å². The third-order valence-electron chi connectivity index (χ3n) is 5.96. The van der Waals surface area contributed by atoms with Crippen molar-refractivity contribution in [3.63, 3.8) is 0 Å². The highest BCUT2D eigenvalue weighted by Crippen LogP contribution is 2.35. The molecule has 154 valence electrons. The number of aryl methyl sites for hydroxylation is 1. The number of aromatic nitrogens is 2. The van der Waals surface area contributed by atoms with Crippen molar-refractivity contribution in [2.75, 3.05) is 23.9 Å². The van der Waals surface area contributed by atoms with Crippen molar-refractivity contribution in [2.24, 2.45) is 5.92 Å². The van der Waals surface area contributed by atoms with Crippen LogP contribution in [-0.2, 0) is 9.59 Å². The molecular weight excluding hydrogens is 368 g/mol. The number of benzene rings is 1. The lowest BCUT2D eigenvalue weighted by Crippen LogP contribution is -2.29. The molecular formula is C22H28N4O3. The van der Waals surface area contributed by atoms with Gasteiger partial charge in [-0.15, -0.1) is 0 Å². The fraction of sp³-hybridized carbons (Fsp3) is 0.500. The molecule has 2 fully saturated rings. The van der Waals surface area contributed by atoms with Crippen LogP contribution in [0.2, 0.25) is 0 Å². The Morgan fingerprint density at radius 3 is 2.76 bits per heavy atom. The molecule has 0 radical (unpaired) electrons. The highest BCUT2D eigenvalue weighted by molar-refractivity contribution is 6.04. The minimum atomic E-state index is -0.401. The van der Waals surface area contributed by atoms with Crippen LogP contribution in [0.1, 0.15) is 50.1 Å². The van der Waals surface area contributed by atoms with E-state index in [0.29, 0.717) is 18.3 Å². The molecule has 2 aromatic rings. The van der Waals surface area contributed by atoms with Crippen LogP contribution >= 0.6 is 0 Å². The first-order chi connectivity index (χ1) is 14.1. The summed E-state index contributed by atoms with van der Waals surface area (Å²) in [5, 5.41) is 7.45. The van der Waals surface area contributed by atoms with E-state index in [1.54, 1.807) is 18.2 Å². The predicted molar refractivity (Wildman–Crippen MR) is 111 cm³/mol. The maximum atomic E-state index is 12.9. The van der Waals surface area contributed by atoms with Crippen LogP contribution < -0.4 is 15.0 Å². The lowest BCUT2D eigenvalue weighted by atomic mass is 9.96. The van der Waals surface area contributed by atoms with E-state index in [1.807, 2.05) is 35.9 Å². The zero-order chi connectivity index (χ0) is 20.4. The number of hydrogen-bond acceptors (Lipinski definition) is 4. The standard InChI is InChI=1S/C22H28N4O3/c1-15-8-9-19(29-2)18(12-15)25-14-16(13-21(25)27)22(28)24-20-10-11-23-26(20)17-6-4-3-5-7-17/h8-12,16-17H,3-7,13-14H2,1-2H3,(H,24,28)/t16-/m0/s1. The summed E-state index contributed by atoms with van der Waals surface area (Å²) in [6.45, 7) is 2.32. The smallest absolute Gasteiger partial charge is 0.230 e. The first-order valence-corrected chi connectivity index (χ1v) is 10.4.